The van der Waals surface area contributed by atoms with Gasteiger partial charge < -0.3 is 0 Å². The van der Waals surface area contributed by atoms with Crippen LogP contribution in [-0.4, -0.2) is 11.6 Å². The van der Waals surface area contributed by atoms with E-state index in [2.05, 4.69) is 10.5 Å². The van der Waals surface area contributed by atoms with Crippen molar-refractivity contribution in [1.29, 1.82) is 0 Å². The zero-order valence-electron chi connectivity index (χ0n) is 7.90. The molecule has 0 aromatic heterocycles. The Morgan fingerprint density at radius 2 is 2.00 bits per heavy atom. The van der Waals surface area contributed by atoms with Crippen molar-refractivity contribution in [1.82, 2.24) is 5.43 Å². The van der Waals surface area contributed by atoms with Crippen molar-refractivity contribution in [2.24, 2.45) is 16.9 Å². The first-order chi connectivity index (χ1) is 7.25. The molecule has 0 unspecified atom stereocenters. The Kier molecular flexibility index (Phi) is 1.65. The predicted molar refractivity (Wildman–Crippen MR) is 52.7 cm³/mol. The Labute approximate surface area is 86.0 Å². The quantitative estimate of drug-likeness (QED) is 0.736. The van der Waals surface area contributed by atoms with Crippen LogP contribution in [0, 0.1) is 17.7 Å². The number of hydrazone groups is 1. The minimum atomic E-state index is -0.258. The van der Waals surface area contributed by atoms with Crippen LogP contribution >= 0.6 is 0 Å². The lowest BCUT2D eigenvalue weighted by Gasteiger charge is -2.11. The number of benzene rings is 1. The smallest absolute Gasteiger partial charge is 0.243 e. The summed E-state index contributed by atoms with van der Waals surface area (Å²) in [4.78, 5) is 11.2. The number of nitrogens with zero attached hydrogens (tertiary/aromatic N) is 1. The van der Waals surface area contributed by atoms with Crippen molar-refractivity contribution in [2.45, 2.75) is 6.42 Å². The molecule has 0 spiro atoms. The highest BCUT2D eigenvalue weighted by molar-refractivity contribution is 6.09. The van der Waals surface area contributed by atoms with Gasteiger partial charge in [0, 0.05) is 11.8 Å². The summed E-state index contributed by atoms with van der Waals surface area (Å²) in [5, 5.41) is 4.03. The van der Waals surface area contributed by atoms with Crippen molar-refractivity contribution in [3.05, 3.63) is 35.6 Å². The number of hydrogen-bond acceptors (Lipinski definition) is 2. The molecule has 1 amide bonds. The van der Waals surface area contributed by atoms with Gasteiger partial charge in [0.1, 0.15) is 5.82 Å². The Morgan fingerprint density at radius 3 is 2.73 bits per heavy atom. The van der Waals surface area contributed by atoms with Crippen LogP contribution in [-0.2, 0) is 4.79 Å². The summed E-state index contributed by atoms with van der Waals surface area (Å²) in [5.41, 5.74) is 4.26. The Morgan fingerprint density at radius 1 is 1.27 bits per heavy atom. The first kappa shape index (κ1) is 8.59. The normalized spacial score (nSPS) is 27.8. The molecule has 2 atom stereocenters. The van der Waals surface area contributed by atoms with Gasteiger partial charge in [0.2, 0.25) is 5.91 Å². The topological polar surface area (TPSA) is 41.5 Å². The number of amides is 1. The number of carbonyl (C=O) groups is 1. The van der Waals surface area contributed by atoms with Crippen molar-refractivity contribution < 1.29 is 9.18 Å². The molecule has 0 bridgehead atoms. The van der Waals surface area contributed by atoms with Gasteiger partial charge in [-0.3, -0.25) is 4.79 Å². The van der Waals surface area contributed by atoms with Crippen molar-refractivity contribution in [3.63, 3.8) is 0 Å². The van der Waals surface area contributed by atoms with E-state index in [4.69, 9.17) is 0 Å². The van der Waals surface area contributed by atoms with E-state index in [1.165, 1.54) is 12.1 Å². The summed E-state index contributed by atoms with van der Waals surface area (Å²) >= 11 is 0. The molecule has 1 heterocycles. The second-order valence-electron chi connectivity index (χ2n) is 3.93. The summed E-state index contributed by atoms with van der Waals surface area (Å²) < 4.78 is 12.7. The highest BCUT2D eigenvalue weighted by atomic mass is 19.1. The molecule has 4 heteroatoms. The van der Waals surface area contributed by atoms with E-state index < -0.39 is 0 Å². The molecule has 0 saturated heterocycles. The third kappa shape index (κ3) is 1.33. The average molecular weight is 204 g/mol. The fraction of sp³-hybridized carbons (Fsp3) is 0.273. The van der Waals surface area contributed by atoms with Gasteiger partial charge in [-0.05, 0) is 24.1 Å². The van der Waals surface area contributed by atoms with Crippen molar-refractivity contribution >= 4 is 11.6 Å². The highest BCUT2D eigenvalue weighted by Gasteiger charge is 2.49. The van der Waals surface area contributed by atoms with Crippen LogP contribution in [0.4, 0.5) is 4.39 Å². The lowest BCUT2D eigenvalue weighted by molar-refractivity contribution is -0.122. The van der Waals surface area contributed by atoms with E-state index in [-0.39, 0.29) is 23.6 Å². The van der Waals surface area contributed by atoms with Gasteiger partial charge in [-0.25, -0.2) is 9.82 Å². The molecule has 3 rings (SSSR count). The fourth-order valence-electron chi connectivity index (χ4n) is 1.97. The second kappa shape index (κ2) is 2.89. The van der Waals surface area contributed by atoms with Gasteiger partial charge in [-0.2, -0.15) is 5.10 Å². The van der Waals surface area contributed by atoms with E-state index in [1.54, 1.807) is 12.1 Å². The lowest BCUT2D eigenvalue weighted by atomic mass is 10.0. The maximum absolute atomic E-state index is 12.7. The van der Waals surface area contributed by atoms with Gasteiger partial charge in [0.15, 0.2) is 0 Å². The van der Waals surface area contributed by atoms with Crippen LogP contribution < -0.4 is 5.43 Å². The van der Waals surface area contributed by atoms with E-state index in [0.29, 0.717) is 0 Å². The Bertz CT molecular complexity index is 452. The second-order valence-corrected chi connectivity index (χ2v) is 3.93. The molecule has 3 nitrogen and oxygen atoms in total. The number of nitrogens with one attached hydrogen (secondary N) is 1. The standard InChI is InChI=1S/C11H9FN2O/c12-7-3-1-6(2-4-7)10-8-5-9(8)11(15)14-13-10/h1-4,8-9H,5H2,(H,14,15)/t8-,9+/m0/s1. The largest absolute Gasteiger partial charge is 0.273 e. The van der Waals surface area contributed by atoms with Gasteiger partial charge in [-0.1, -0.05) is 12.1 Å². The molecule has 1 N–H and O–H groups in total. The average Bonchev–Trinajstić information content (AvgIpc) is 3.01. The predicted octanol–water partition coefficient (Wildman–Crippen LogP) is 1.30. The molecule has 1 saturated carbocycles. The molecule has 1 aliphatic heterocycles. The molecule has 1 aromatic rings. The number of carbonyl (C=O) groups excluding carboxylic acids is 1. The minimum absolute atomic E-state index is 0.00543. The molecular formula is C11H9FN2O. The summed E-state index contributed by atoms with van der Waals surface area (Å²) in [6.45, 7) is 0. The first-order valence-electron chi connectivity index (χ1n) is 4.89. The van der Waals surface area contributed by atoms with Crippen molar-refractivity contribution in [2.75, 3.05) is 0 Å². The van der Waals surface area contributed by atoms with Crippen molar-refractivity contribution in [3.8, 4) is 0 Å². The molecule has 0 radical (unpaired) electrons. The SMILES string of the molecule is O=C1NN=C(c2ccc(F)cc2)[C@H]2C[C@@H]12. The summed E-state index contributed by atoms with van der Waals surface area (Å²) in [7, 11) is 0. The van der Waals surface area contributed by atoms with E-state index >= 15 is 0 Å². The van der Waals surface area contributed by atoms with Crippen LogP contribution in [0.2, 0.25) is 0 Å². The van der Waals surface area contributed by atoms with Crippen LogP contribution in [0.5, 0.6) is 0 Å². The number of hydrogen-bond donors (Lipinski definition) is 1. The Balaban J connectivity index is 1.95. The Hall–Kier alpha value is -1.71. The molecule has 2 aliphatic rings. The maximum atomic E-state index is 12.7. The van der Waals surface area contributed by atoms with Gasteiger partial charge >= 0.3 is 0 Å². The zero-order valence-corrected chi connectivity index (χ0v) is 7.90. The van der Waals surface area contributed by atoms with Gasteiger partial charge in [0.25, 0.3) is 0 Å². The molecule has 15 heavy (non-hydrogen) atoms. The number of fused-ring (bicyclic) bond motifs is 1. The number of rotatable bonds is 1. The monoisotopic (exact) mass is 204 g/mol. The molecule has 1 aromatic carbocycles. The lowest BCUT2D eigenvalue weighted by Crippen LogP contribution is -2.28. The van der Waals surface area contributed by atoms with Gasteiger partial charge in [-0.15, -0.1) is 0 Å². The molecule has 76 valence electrons. The maximum Gasteiger partial charge on any atom is 0.243 e. The van der Waals surface area contributed by atoms with E-state index in [1.807, 2.05) is 0 Å². The summed E-state index contributed by atoms with van der Waals surface area (Å²) in [5.74, 6) is 0.0733. The third-order valence-electron chi connectivity index (χ3n) is 2.90. The van der Waals surface area contributed by atoms with Crippen LogP contribution in [0.15, 0.2) is 29.4 Å². The number of halogens is 1. The summed E-state index contributed by atoms with van der Waals surface area (Å²) in [6.07, 6.45) is 0.863. The third-order valence-corrected chi connectivity index (χ3v) is 2.90. The van der Waals surface area contributed by atoms with E-state index in [9.17, 15) is 9.18 Å². The molecule has 1 fully saturated rings. The van der Waals surface area contributed by atoms with Gasteiger partial charge in [0.05, 0.1) is 5.71 Å². The zero-order chi connectivity index (χ0) is 10.4. The highest BCUT2D eigenvalue weighted by Crippen LogP contribution is 2.43. The summed E-state index contributed by atoms with van der Waals surface area (Å²) in [6, 6.07) is 6.21. The minimum Gasteiger partial charge on any atom is -0.273 e. The molecule has 1 aliphatic carbocycles. The fourth-order valence-corrected chi connectivity index (χ4v) is 1.97. The molecular weight excluding hydrogens is 195 g/mol. The first-order valence-corrected chi connectivity index (χ1v) is 4.89. The van der Waals surface area contributed by atoms with Crippen LogP contribution in [0.3, 0.4) is 0 Å². The van der Waals surface area contributed by atoms with Crippen LogP contribution in [0.25, 0.3) is 0 Å². The van der Waals surface area contributed by atoms with E-state index in [0.717, 1.165) is 17.7 Å². The van der Waals surface area contributed by atoms with Crippen LogP contribution in [0.1, 0.15) is 12.0 Å².